The minimum atomic E-state index is -0.930. The number of carbonyl (C=O) groups is 4. The molecule has 2 unspecified atom stereocenters. The number of anilines is 1. The monoisotopic (exact) mass is 425 g/mol. The van der Waals surface area contributed by atoms with Crippen LogP contribution in [-0.4, -0.2) is 84.8 Å². The number of hydrogen-bond donors (Lipinski definition) is 2. The summed E-state index contributed by atoms with van der Waals surface area (Å²) in [5.74, 6) is -1.87. The molecular formula is C22H27N5O4. The summed E-state index contributed by atoms with van der Waals surface area (Å²) in [5, 5.41) is 5.63. The highest BCUT2D eigenvalue weighted by Gasteiger charge is 2.44. The Balaban J connectivity index is 1.35. The second-order valence-electron chi connectivity index (χ2n) is 8.71. The summed E-state index contributed by atoms with van der Waals surface area (Å²) in [6.45, 7) is 5.95. The molecule has 0 aromatic heterocycles. The topological polar surface area (TPSA) is 102 Å². The molecule has 2 atom stereocenters. The lowest BCUT2D eigenvalue weighted by atomic mass is 10.0. The van der Waals surface area contributed by atoms with E-state index in [1.807, 2.05) is 6.07 Å². The molecule has 4 amide bonds. The first kappa shape index (κ1) is 20.1. The Labute approximate surface area is 180 Å². The van der Waals surface area contributed by atoms with E-state index in [2.05, 4.69) is 20.4 Å². The highest BCUT2D eigenvalue weighted by molar-refractivity contribution is 6.23. The molecule has 1 aromatic carbocycles. The first-order chi connectivity index (χ1) is 15.0. The molecule has 0 saturated carbocycles. The molecule has 4 aliphatic rings. The van der Waals surface area contributed by atoms with Gasteiger partial charge in [0.25, 0.3) is 11.8 Å². The van der Waals surface area contributed by atoms with Gasteiger partial charge in [-0.05, 0) is 37.5 Å². The number of nitrogens with zero attached hydrogens (tertiary/aromatic N) is 3. The molecular weight excluding hydrogens is 398 g/mol. The molecule has 164 valence electrons. The van der Waals surface area contributed by atoms with Crippen molar-refractivity contribution in [2.24, 2.45) is 0 Å². The molecule has 0 radical (unpaired) electrons. The van der Waals surface area contributed by atoms with Crippen molar-refractivity contribution in [1.82, 2.24) is 20.4 Å². The number of piperidine rings is 2. The summed E-state index contributed by atoms with van der Waals surface area (Å²) in [6.07, 6.45) is 2.54. The first-order valence-corrected chi connectivity index (χ1v) is 11.1. The summed E-state index contributed by atoms with van der Waals surface area (Å²) in [6, 6.07) is 4.95. The van der Waals surface area contributed by atoms with E-state index in [0.717, 1.165) is 56.3 Å². The van der Waals surface area contributed by atoms with E-state index in [1.54, 1.807) is 12.1 Å². The van der Waals surface area contributed by atoms with Crippen LogP contribution < -0.4 is 15.5 Å². The van der Waals surface area contributed by atoms with E-state index in [0.29, 0.717) is 17.2 Å². The molecule has 0 spiro atoms. The zero-order chi connectivity index (χ0) is 21.5. The van der Waals surface area contributed by atoms with Crippen molar-refractivity contribution in [3.05, 3.63) is 29.3 Å². The van der Waals surface area contributed by atoms with Crippen molar-refractivity contribution >= 4 is 29.3 Å². The summed E-state index contributed by atoms with van der Waals surface area (Å²) in [5.41, 5.74) is 1.61. The predicted octanol–water partition coefficient (Wildman–Crippen LogP) is -0.0382. The Morgan fingerprint density at radius 3 is 2.45 bits per heavy atom. The number of imide groups is 2. The standard InChI is InChI=1S/C22H27N5O4/c28-19-6-5-18(20(29)24-19)27-21(30)16-4-3-14(12-17(16)22(27)31)26-9-1-2-15(13-26)25-10-7-23-8-11-25/h3-4,12,15,18,23H,1-2,5-11,13H2,(H,24,28,29). The lowest BCUT2D eigenvalue weighted by Crippen LogP contribution is -2.54. The smallest absolute Gasteiger partial charge is 0.262 e. The van der Waals surface area contributed by atoms with Crippen LogP contribution in [0.4, 0.5) is 5.69 Å². The lowest BCUT2D eigenvalue weighted by molar-refractivity contribution is -0.136. The van der Waals surface area contributed by atoms with Gasteiger partial charge in [0.05, 0.1) is 11.1 Å². The number of carbonyl (C=O) groups excluding carboxylic acids is 4. The fourth-order valence-corrected chi connectivity index (χ4v) is 5.19. The third-order valence-corrected chi connectivity index (χ3v) is 6.85. The Hall–Kier alpha value is -2.78. The number of nitrogens with one attached hydrogen (secondary N) is 2. The number of amides is 4. The molecule has 3 saturated heterocycles. The Morgan fingerprint density at radius 2 is 1.68 bits per heavy atom. The van der Waals surface area contributed by atoms with Crippen molar-refractivity contribution in [1.29, 1.82) is 0 Å². The Bertz CT molecular complexity index is 942. The van der Waals surface area contributed by atoms with E-state index in [9.17, 15) is 19.2 Å². The van der Waals surface area contributed by atoms with Crippen LogP contribution in [0.2, 0.25) is 0 Å². The number of rotatable bonds is 3. The number of hydrogen-bond acceptors (Lipinski definition) is 7. The molecule has 9 nitrogen and oxygen atoms in total. The third-order valence-electron chi connectivity index (χ3n) is 6.85. The highest BCUT2D eigenvalue weighted by Crippen LogP contribution is 2.32. The van der Waals surface area contributed by atoms with Crippen LogP contribution in [0.3, 0.4) is 0 Å². The van der Waals surface area contributed by atoms with Gasteiger partial charge in [-0.1, -0.05) is 0 Å². The van der Waals surface area contributed by atoms with Crippen LogP contribution in [0.25, 0.3) is 0 Å². The summed E-state index contributed by atoms with van der Waals surface area (Å²) in [4.78, 5) is 55.5. The number of benzene rings is 1. The second-order valence-corrected chi connectivity index (χ2v) is 8.71. The minimum Gasteiger partial charge on any atom is -0.370 e. The van der Waals surface area contributed by atoms with Gasteiger partial charge in [0.2, 0.25) is 11.8 Å². The molecule has 31 heavy (non-hydrogen) atoms. The molecule has 0 aliphatic carbocycles. The van der Waals surface area contributed by atoms with Crippen molar-refractivity contribution in [3.63, 3.8) is 0 Å². The molecule has 4 aliphatic heterocycles. The van der Waals surface area contributed by atoms with Crippen LogP contribution in [-0.2, 0) is 9.59 Å². The average molecular weight is 425 g/mol. The summed E-state index contributed by atoms with van der Waals surface area (Å²) in [7, 11) is 0. The Kier molecular flexibility index (Phi) is 5.23. The van der Waals surface area contributed by atoms with Gasteiger partial charge in [-0.2, -0.15) is 0 Å². The van der Waals surface area contributed by atoms with Gasteiger partial charge in [-0.15, -0.1) is 0 Å². The third kappa shape index (κ3) is 3.61. The predicted molar refractivity (Wildman–Crippen MR) is 113 cm³/mol. The van der Waals surface area contributed by atoms with Gasteiger partial charge in [0.1, 0.15) is 6.04 Å². The average Bonchev–Trinajstić information content (AvgIpc) is 3.04. The molecule has 0 bridgehead atoms. The maximum atomic E-state index is 13.1. The minimum absolute atomic E-state index is 0.121. The van der Waals surface area contributed by atoms with Gasteiger partial charge in [-0.3, -0.25) is 34.3 Å². The van der Waals surface area contributed by atoms with Crippen molar-refractivity contribution in [3.8, 4) is 0 Å². The van der Waals surface area contributed by atoms with Crippen LogP contribution in [0.15, 0.2) is 18.2 Å². The lowest BCUT2D eigenvalue weighted by Gasteiger charge is -2.42. The van der Waals surface area contributed by atoms with E-state index in [1.165, 1.54) is 6.42 Å². The quantitative estimate of drug-likeness (QED) is 0.656. The molecule has 2 N–H and O–H groups in total. The van der Waals surface area contributed by atoms with Crippen LogP contribution in [0.5, 0.6) is 0 Å². The molecule has 9 heteroatoms. The highest BCUT2D eigenvalue weighted by atomic mass is 16.2. The second kappa shape index (κ2) is 8.05. The van der Waals surface area contributed by atoms with E-state index in [-0.39, 0.29) is 18.7 Å². The molecule has 4 heterocycles. The van der Waals surface area contributed by atoms with Crippen LogP contribution >= 0.6 is 0 Å². The molecule has 3 fully saturated rings. The number of piperazine rings is 1. The Morgan fingerprint density at radius 1 is 0.903 bits per heavy atom. The van der Waals surface area contributed by atoms with Crippen molar-refractivity contribution in [2.75, 3.05) is 44.2 Å². The van der Waals surface area contributed by atoms with Gasteiger partial charge in [0, 0.05) is 57.4 Å². The number of fused-ring (bicyclic) bond motifs is 1. The largest absolute Gasteiger partial charge is 0.370 e. The van der Waals surface area contributed by atoms with Crippen molar-refractivity contribution in [2.45, 2.75) is 37.8 Å². The normalized spacial score (nSPS) is 27.5. The van der Waals surface area contributed by atoms with Crippen molar-refractivity contribution < 1.29 is 19.2 Å². The van der Waals surface area contributed by atoms with Gasteiger partial charge in [0.15, 0.2) is 0 Å². The van der Waals surface area contributed by atoms with Gasteiger partial charge >= 0.3 is 0 Å². The molecule has 1 aromatic rings. The first-order valence-electron chi connectivity index (χ1n) is 11.1. The van der Waals surface area contributed by atoms with Crippen LogP contribution in [0.1, 0.15) is 46.4 Å². The van der Waals surface area contributed by atoms with Crippen LogP contribution in [0, 0.1) is 0 Å². The van der Waals surface area contributed by atoms with Gasteiger partial charge < -0.3 is 10.2 Å². The fraction of sp³-hybridized carbons (Fsp3) is 0.545. The summed E-state index contributed by atoms with van der Waals surface area (Å²) >= 11 is 0. The molecule has 5 rings (SSSR count). The fourth-order valence-electron chi connectivity index (χ4n) is 5.19. The summed E-state index contributed by atoms with van der Waals surface area (Å²) < 4.78 is 0. The SMILES string of the molecule is O=C1CCC(N2C(=O)c3ccc(N4CCCC(N5CCNCC5)C4)cc3C2=O)C(=O)N1. The van der Waals surface area contributed by atoms with Gasteiger partial charge in [-0.25, -0.2) is 0 Å². The van der Waals surface area contributed by atoms with E-state index in [4.69, 9.17) is 0 Å². The zero-order valence-electron chi connectivity index (χ0n) is 17.4. The van der Waals surface area contributed by atoms with E-state index < -0.39 is 23.8 Å². The maximum absolute atomic E-state index is 13.1. The zero-order valence-corrected chi connectivity index (χ0v) is 17.4. The van der Waals surface area contributed by atoms with E-state index >= 15 is 0 Å². The maximum Gasteiger partial charge on any atom is 0.262 e.